The van der Waals surface area contributed by atoms with Crippen molar-refractivity contribution in [3.63, 3.8) is 0 Å². The van der Waals surface area contributed by atoms with Crippen LogP contribution in [0.15, 0.2) is 17.2 Å². The molecule has 7 heteroatoms. The number of hydrazone groups is 1. The quantitative estimate of drug-likeness (QED) is 0.460. The topological polar surface area (TPSA) is 64.1 Å². The van der Waals surface area contributed by atoms with Crippen LogP contribution in [-0.4, -0.2) is 38.7 Å². The zero-order valence-electron chi connectivity index (χ0n) is 14.9. The summed E-state index contributed by atoms with van der Waals surface area (Å²) >= 11 is 5.35. The number of nitrogens with one attached hydrogen (secondary N) is 2. The van der Waals surface area contributed by atoms with Gasteiger partial charge in [-0.2, -0.15) is 5.10 Å². The Morgan fingerprint density at radius 3 is 2.36 bits per heavy atom. The van der Waals surface area contributed by atoms with E-state index in [1.54, 1.807) is 27.5 Å². The van der Waals surface area contributed by atoms with Gasteiger partial charge in [0, 0.05) is 11.6 Å². The monoisotopic (exact) mass is 363 g/mol. The second-order valence-corrected chi connectivity index (χ2v) is 6.99. The van der Waals surface area contributed by atoms with Crippen LogP contribution >= 0.6 is 12.2 Å². The van der Waals surface area contributed by atoms with Crippen LogP contribution < -0.4 is 25.0 Å². The molecule has 2 N–H and O–H groups in total. The number of fused-ring (bicyclic) bond motifs is 2. The molecule has 3 rings (SSSR count). The molecule has 25 heavy (non-hydrogen) atoms. The number of nitrogens with zero attached hydrogens (tertiary/aromatic N) is 1. The van der Waals surface area contributed by atoms with Crippen LogP contribution in [0.3, 0.4) is 0 Å². The highest BCUT2D eigenvalue weighted by molar-refractivity contribution is 7.80. The van der Waals surface area contributed by atoms with E-state index in [0.717, 1.165) is 17.4 Å². The van der Waals surface area contributed by atoms with E-state index in [4.69, 9.17) is 26.4 Å². The third kappa shape index (κ3) is 3.98. The minimum atomic E-state index is 0.495. The minimum Gasteiger partial charge on any atom is -0.493 e. The van der Waals surface area contributed by atoms with Crippen molar-refractivity contribution in [2.75, 3.05) is 21.3 Å². The van der Waals surface area contributed by atoms with Gasteiger partial charge in [-0.3, -0.25) is 5.43 Å². The molecule has 1 aromatic rings. The summed E-state index contributed by atoms with van der Waals surface area (Å²) in [6, 6.07) is 4.16. The van der Waals surface area contributed by atoms with E-state index in [2.05, 4.69) is 15.8 Å². The second-order valence-electron chi connectivity index (χ2n) is 6.58. The Bertz CT molecular complexity index is 640. The van der Waals surface area contributed by atoms with Gasteiger partial charge in [-0.1, -0.05) is 6.42 Å². The highest BCUT2D eigenvalue weighted by Crippen LogP contribution is 2.44. The molecule has 2 saturated carbocycles. The summed E-state index contributed by atoms with van der Waals surface area (Å²) < 4.78 is 16.0. The summed E-state index contributed by atoms with van der Waals surface area (Å²) in [6.07, 6.45) is 6.94. The third-order valence-electron chi connectivity index (χ3n) is 5.12. The number of rotatable bonds is 6. The normalized spacial score (nSPS) is 24.4. The van der Waals surface area contributed by atoms with Crippen LogP contribution in [-0.2, 0) is 0 Å². The fourth-order valence-corrected chi connectivity index (χ4v) is 4.17. The molecule has 0 heterocycles. The first-order chi connectivity index (χ1) is 12.1. The lowest BCUT2D eigenvalue weighted by molar-refractivity contribution is 0.324. The summed E-state index contributed by atoms with van der Waals surface area (Å²) in [4.78, 5) is 0. The maximum Gasteiger partial charge on any atom is 0.203 e. The molecule has 0 amide bonds. The molecule has 0 aliphatic heterocycles. The average Bonchev–Trinajstić information content (AvgIpc) is 3.23. The number of ether oxygens (including phenoxy) is 3. The molecule has 0 aromatic heterocycles. The Morgan fingerprint density at radius 2 is 1.84 bits per heavy atom. The zero-order valence-corrected chi connectivity index (χ0v) is 15.7. The van der Waals surface area contributed by atoms with E-state index in [1.165, 1.54) is 25.7 Å². The lowest BCUT2D eigenvalue weighted by Gasteiger charge is -2.23. The molecule has 0 spiro atoms. The largest absolute Gasteiger partial charge is 0.493 e. The van der Waals surface area contributed by atoms with Gasteiger partial charge in [-0.25, -0.2) is 0 Å². The summed E-state index contributed by atoms with van der Waals surface area (Å²) in [5.74, 6) is 3.39. The first-order valence-electron chi connectivity index (χ1n) is 8.54. The predicted molar refractivity (Wildman–Crippen MR) is 102 cm³/mol. The Morgan fingerprint density at radius 1 is 1.12 bits per heavy atom. The zero-order chi connectivity index (χ0) is 17.8. The maximum absolute atomic E-state index is 5.35. The van der Waals surface area contributed by atoms with Gasteiger partial charge in [0.1, 0.15) is 0 Å². The molecular weight excluding hydrogens is 338 g/mol. The highest BCUT2D eigenvalue weighted by atomic mass is 32.1. The minimum absolute atomic E-state index is 0.495. The third-order valence-corrected chi connectivity index (χ3v) is 5.33. The molecule has 6 nitrogen and oxygen atoms in total. The van der Waals surface area contributed by atoms with Crippen molar-refractivity contribution in [1.82, 2.24) is 10.7 Å². The SMILES string of the molecule is COc1cc(/C=N/NC(=S)NC2CC3CCC2C3)cc(OC)c1OC. The van der Waals surface area contributed by atoms with Crippen molar-refractivity contribution in [2.45, 2.75) is 31.7 Å². The van der Waals surface area contributed by atoms with E-state index in [9.17, 15) is 0 Å². The molecule has 1 aromatic carbocycles. The molecule has 136 valence electrons. The number of hydrogen-bond donors (Lipinski definition) is 2. The van der Waals surface area contributed by atoms with Gasteiger partial charge in [0.05, 0.1) is 27.5 Å². The Hall–Kier alpha value is -2.02. The van der Waals surface area contributed by atoms with Gasteiger partial charge in [0.15, 0.2) is 16.6 Å². The maximum atomic E-state index is 5.35. The van der Waals surface area contributed by atoms with Crippen LogP contribution in [0.25, 0.3) is 0 Å². The van der Waals surface area contributed by atoms with Crippen LogP contribution in [0, 0.1) is 11.8 Å². The fourth-order valence-electron chi connectivity index (χ4n) is 3.96. The molecular formula is C18H25N3O3S. The van der Waals surface area contributed by atoms with Crippen molar-refractivity contribution >= 4 is 23.5 Å². The Balaban J connectivity index is 1.59. The van der Waals surface area contributed by atoms with Gasteiger partial charge < -0.3 is 19.5 Å². The number of methoxy groups -OCH3 is 3. The standard InChI is InChI=1S/C18H25N3O3S/c1-22-15-8-12(9-16(23-2)17(15)24-3)10-19-21-18(25)20-14-7-11-4-5-13(14)6-11/h8-11,13-14H,4-7H2,1-3H3,(H2,20,21,25)/b19-10+. The molecule has 3 unspecified atom stereocenters. The lowest BCUT2D eigenvalue weighted by Crippen LogP contribution is -2.42. The number of thiocarbonyl (C=S) groups is 1. The first-order valence-corrected chi connectivity index (χ1v) is 8.95. The van der Waals surface area contributed by atoms with Crippen LogP contribution in [0.2, 0.25) is 0 Å². The van der Waals surface area contributed by atoms with E-state index in [0.29, 0.717) is 28.4 Å². The highest BCUT2D eigenvalue weighted by Gasteiger charge is 2.39. The molecule has 2 aliphatic rings. The smallest absolute Gasteiger partial charge is 0.203 e. The summed E-state index contributed by atoms with van der Waals surface area (Å²) in [5.41, 5.74) is 3.72. The van der Waals surface area contributed by atoms with E-state index in [1.807, 2.05) is 12.1 Å². The van der Waals surface area contributed by atoms with Crippen molar-refractivity contribution in [1.29, 1.82) is 0 Å². The predicted octanol–water partition coefficient (Wildman–Crippen LogP) is 2.70. The van der Waals surface area contributed by atoms with Gasteiger partial charge in [-0.15, -0.1) is 0 Å². The molecule has 2 bridgehead atoms. The van der Waals surface area contributed by atoms with Gasteiger partial charge in [0.2, 0.25) is 5.75 Å². The van der Waals surface area contributed by atoms with Crippen LogP contribution in [0.4, 0.5) is 0 Å². The average molecular weight is 363 g/mol. The molecule has 2 fully saturated rings. The van der Waals surface area contributed by atoms with Crippen LogP contribution in [0.1, 0.15) is 31.2 Å². The number of benzene rings is 1. The second kappa shape index (κ2) is 7.91. The van der Waals surface area contributed by atoms with Crippen molar-refractivity contribution < 1.29 is 14.2 Å². The van der Waals surface area contributed by atoms with Crippen LogP contribution in [0.5, 0.6) is 17.2 Å². The fraction of sp³-hybridized carbons (Fsp3) is 0.556. The van der Waals surface area contributed by atoms with Crippen molar-refractivity contribution in [3.05, 3.63) is 17.7 Å². The number of hydrogen-bond acceptors (Lipinski definition) is 5. The Kier molecular flexibility index (Phi) is 5.63. The summed E-state index contributed by atoms with van der Waals surface area (Å²) in [6.45, 7) is 0. The van der Waals surface area contributed by atoms with E-state index < -0.39 is 0 Å². The van der Waals surface area contributed by atoms with Crippen molar-refractivity contribution in [2.24, 2.45) is 16.9 Å². The molecule has 0 saturated heterocycles. The summed E-state index contributed by atoms with van der Waals surface area (Å²) in [7, 11) is 4.76. The van der Waals surface area contributed by atoms with Crippen molar-refractivity contribution in [3.8, 4) is 17.2 Å². The van der Waals surface area contributed by atoms with Gasteiger partial charge in [0.25, 0.3) is 0 Å². The molecule has 0 radical (unpaired) electrons. The van der Waals surface area contributed by atoms with E-state index in [-0.39, 0.29) is 0 Å². The first kappa shape index (κ1) is 17.8. The molecule has 3 atom stereocenters. The summed E-state index contributed by atoms with van der Waals surface area (Å²) in [5, 5.41) is 8.19. The molecule has 2 aliphatic carbocycles. The van der Waals surface area contributed by atoms with Gasteiger partial charge >= 0.3 is 0 Å². The Labute approximate surface area is 153 Å². The van der Waals surface area contributed by atoms with Gasteiger partial charge in [-0.05, 0) is 55.4 Å². The van der Waals surface area contributed by atoms with E-state index >= 15 is 0 Å². The lowest BCUT2D eigenvalue weighted by atomic mass is 9.96.